The first-order valence-electron chi connectivity index (χ1n) is 4.04. The second kappa shape index (κ2) is 3.38. The van der Waals surface area contributed by atoms with Crippen LogP contribution < -0.4 is 0 Å². The van der Waals surface area contributed by atoms with Crippen LogP contribution in [0, 0.1) is 5.82 Å². The summed E-state index contributed by atoms with van der Waals surface area (Å²) in [7, 11) is 0. The number of halogens is 1. The summed E-state index contributed by atoms with van der Waals surface area (Å²) in [5, 5.41) is 11.2. The summed E-state index contributed by atoms with van der Waals surface area (Å²) in [6, 6.07) is 4.39. The quantitative estimate of drug-likeness (QED) is 0.827. The number of benzene rings is 1. The third-order valence-electron chi connectivity index (χ3n) is 1.96. The average Bonchev–Trinajstić information content (AvgIpc) is 2.47. The summed E-state index contributed by atoms with van der Waals surface area (Å²) in [6.45, 7) is 0. The Bertz CT molecular complexity index is 490. The second-order valence-corrected chi connectivity index (χ2v) is 3.88. The number of fused-ring (bicyclic) bond motifs is 1. The molecule has 0 spiro atoms. The molecule has 2 aromatic rings. The molecule has 0 atom stereocenters. The minimum absolute atomic E-state index is 0.00830. The van der Waals surface area contributed by atoms with Crippen molar-refractivity contribution in [3.63, 3.8) is 0 Å². The summed E-state index contributed by atoms with van der Waals surface area (Å²) in [6.07, 6.45) is -0.00830. The third-order valence-corrected chi connectivity index (χ3v) is 2.95. The summed E-state index contributed by atoms with van der Waals surface area (Å²) in [5.41, 5.74) is 0.748. The van der Waals surface area contributed by atoms with E-state index >= 15 is 0 Å². The maximum Gasteiger partial charge on any atom is 0.307 e. The maximum atomic E-state index is 12.8. The van der Waals surface area contributed by atoms with E-state index < -0.39 is 5.97 Å². The molecule has 0 saturated carbocycles. The summed E-state index contributed by atoms with van der Waals surface area (Å²) >= 11 is 1.37. The molecule has 0 aliphatic heterocycles. The van der Waals surface area contributed by atoms with E-state index in [2.05, 4.69) is 0 Å². The minimum atomic E-state index is -0.867. The van der Waals surface area contributed by atoms with Crippen LogP contribution in [0.3, 0.4) is 0 Å². The lowest BCUT2D eigenvalue weighted by Crippen LogP contribution is -1.98. The van der Waals surface area contributed by atoms with E-state index in [0.717, 1.165) is 15.6 Å². The first kappa shape index (κ1) is 9.15. The van der Waals surface area contributed by atoms with Crippen LogP contribution in [0.2, 0.25) is 0 Å². The predicted octanol–water partition coefficient (Wildman–Crippen LogP) is 2.67. The molecule has 0 radical (unpaired) electrons. The number of rotatable bonds is 2. The molecule has 4 heteroatoms. The highest BCUT2D eigenvalue weighted by molar-refractivity contribution is 7.17. The van der Waals surface area contributed by atoms with Crippen molar-refractivity contribution in [3.8, 4) is 0 Å². The van der Waals surface area contributed by atoms with Gasteiger partial charge >= 0.3 is 5.97 Å². The van der Waals surface area contributed by atoms with Crippen molar-refractivity contribution in [2.45, 2.75) is 6.42 Å². The van der Waals surface area contributed by atoms with Gasteiger partial charge in [0, 0.05) is 4.70 Å². The van der Waals surface area contributed by atoms with Crippen molar-refractivity contribution < 1.29 is 14.3 Å². The molecule has 2 rings (SSSR count). The van der Waals surface area contributed by atoms with Crippen molar-refractivity contribution in [1.29, 1.82) is 0 Å². The van der Waals surface area contributed by atoms with Crippen molar-refractivity contribution in [3.05, 3.63) is 35.0 Å². The molecule has 0 amide bonds. The van der Waals surface area contributed by atoms with E-state index in [9.17, 15) is 9.18 Å². The lowest BCUT2D eigenvalue weighted by Gasteiger charge is -1.94. The summed E-state index contributed by atoms with van der Waals surface area (Å²) < 4.78 is 13.6. The standard InChI is InChI=1S/C10H7FO2S/c11-7-1-2-8-6(3-10(12)13)5-14-9(8)4-7/h1-2,4-5H,3H2,(H,12,13). The highest BCUT2D eigenvalue weighted by Gasteiger charge is 2.07. The number of carbonyl (C=O) groups is 1. The zero-order valence-electron chi connectivity index (χ0n) is 7.16. The van der Waals surface area contributed by atoms with Gasteiger partial charge in [-0.25, -0.2) is 4.39 Å². The molecule has 72 valence electrons. The fourth-order valence-electron chi connectivity index (χ4n) is 1.36. The topological polar surface area (TPSA) is 37.3 Å². The van der Waals surface area contributed by atoms with Crippen LogP contribution in [0.25, 0.3) is 10.1 Å². The van der Waals surface area contributed by atoms with Crippen molar-refractivity contribution in [2.24, 2.45) is 0 Å². The van der Waals surface area contributed by atoms with Gasteiger partial charge in [-0.1, -0.05) is 6.07 Å². The van der Waals surface area contributed by atoms with E-state index in [4.69, 9.17) is 5.11 Å². The van der Waals surface area contributed by atoms with Gasteiger partial charge in [0.05, 0.1) is 6.42 Å². The first-order chi connectivity index (χ1) is 6.66. The predicted molar refractivity (Wildman–Crippen MR) is 53.1 cm³/mol. The van der Waals surface area contributed by atoms with Gasteiger partial charge in [-0.05, 0) is 28.5 Å². The Morgan fingerprint density at radius 1 is 1.50 bits per heavy atom. The Morgan fingerprint density at radius 3 is 3.00 bits per heavy atom. The average molecular weight is 210 g/mol. The molecule has 1 N–H and O–H groups in total. The number of hydrogen-bond donors (Lipinski definition) is 1. The van der Waals surface area contributed by atoms with Crippen LogP contribution in [0.1, 0.15) is 5.56 Å². The normalized spacial score (nSPS) is 10.6. The van der Waals surface area contributed by atoms with Crippen LogP contribution in [0.4, 0.5) is 4.39 Å². The van der Waals surface area contributed by atoms with Gasteiger partial charge in [0.1, 0.15) is 5.82 Å². The molecular weight excluding hydrogens is 203 g/mol. The van der Waals surface area contributed by atoms with Gasteiger partial charge in [0.15, 0.2) is 0 Å². The molecule has 0 fully saturated rings. The molecule has 1 aromatic carbocycles. The number of thiophene rings is 1. The Hall–Kier alpha value is -1.42. The van der Waals surface area contributed by atoms with Crippen molar-refractivity contribution in [2.75, 3.05) is 0 Å². The van der Waals surface area contributed by atoms with E-state index in [1.165, 1.54) is 23.5 Å². The number of carboxylic acid groups (broad SMARTS) is 1. The van der Waals surface area contributed by atoms with Crippen molar-refractivity contribution in [1.82, 2.24) is 0 Å². The molecule has 0 saturated heterocycles. The van der Waals surface area contributed by atoms with Gasteiger partial charge in [-0.3, -0.25) is 4.79 Å². The number of aliphatic carboxylic acids is 1. The molecular formula is C10H7FO2S. The maximum absolute atomic E-state index is 12.8. The monoisotopic (exact) mass is 210 g/mol. The zero-order valence-corrected chi connectivity index (χ0v) is 7.97. The molecule has 0 unspecified atom stereocenters. The van der Waals surface area contributed by atoms with Crippen LogP contribution >= 0.6 is 11.3 Å². The highest BCUT2D eigenvalue weighted by atomic mass is 32.1. The SMILES string of the molecule is O=C(O)Cc1csc2cc(F)ccc12. The van der Waals surface area contributed by atoms with Crippen LogP contribution in [-0.4, -0.2) is 11.1 Å². The largest absolute Gasteiger partial charge is 0.481 e. The summed E-state index contributed by atoms with van der Waals surface area (Å²) in [4.78, 5) is 10.5. The third kappa shape index (κ3) is 1.61. The molecule has 2 nitrogen and oxygen atoms in total. The van der Waals surface area contributed by atoms with Gasteiger partial charge < -0.3 is 5.11 Å². The molecule has 1 aromatic heterocycles. The van der Waals surface area contributed by atoms with Gasteiger partial charge in [-0.15, -0.1) is 11.3 Å². The first-order valence-corrected chi connectivity index (χ1v) is 4.92. The minimum Gasteiger partial charge on any atom is -0.481 e. The molecule has 0 aliphatic carbocycles. The van der Waals surface area contributed by atoms with Gasteiger partial charge in [-0.2, -0.15) is 0 Å². The Kier molecular flexibility index (Phi) is 2.21. The zero-order chi connectivity index (χ0) is 10.1. The van der Waals surface area contributed by atoms with Crippen LogP contribution in [-0.2, 0) is 11.2 Å². The van der Waals surface area contributed by atoms with Crippen LogP contribution in [0.5, 0.6) is 0 Å². The number of carboxylic acids is 1. The number of hydrogen-bond acceptors (Lipinski definition) is 2. The van der Waals surface area contributed by atoms with Gasteiger partial charge in [0.25, 0.3) is 0 Å². The fraction of sp³-hybridized carbons (Fsp3) is 0.100. The Balaban J connectivity index is 2.52. The Labute approximate surface area is 83.6 Å². The van der Waals surface area contributed by atoms with Gasteiger partial charge in [0.2, 0.25) is 0 Å². The summed E-state index contributed by atoms with van der Waals surface area (Å²) in [5.74, 6) is -1.16. The van der Waals surface area contributed by atoms with E-state index in [0.29, 0.717) is 0 Å². The smallest absolute Gasteiger partial charge is 0.307 e. The van der Waals surface area contributed by atoms with E-state index in [-0.39, 0.29) is 12.2 Å². The van der Waals surface area contributed by atoms with E-state index in [1.54, 1.807) is 11.4 Å². The molecule has 1 heterocycles. The lowest BCUT2D eigenvalue weighted by atomic mass is 10.1. The Morgan fingerprint density at radius 2 is 2.29 bits per heavy atom. The second-order valence-electron chi connectivity index (χ2n) is 2.97. The molecule has 14 heavy (non-hydrogen) atoms. The van der Waals surface area contributed by atoms with Crippen LogP contribution in [0.15, 0.2) is 23.6 Å². The molecule has 0 bridgehead atoms. The fourth-order valence-corrected chi connectivity index (χ4v) is 2.34. The van der Waals surface area contributed by atoms with E-state index in [1.807, 2.05) is 0 Å². The van der Waals surface area contributed by atoms with Crippen molar-refractivity contribution >= 4 is 27.4 Å². The lowest BCUT2D eigenvalue weighted by molar-refractivity contribution is -0.136. The highest BCUT2D eigenvalue weighted by Crippen LogP contribution is 2.26. The molecule has 0 aliphatic rings.